The van der Waals surface area contributed by atoms with Gasteiger partial charge in [0.05, 0.1) is 12.6 Å². The van der Waals surface area contributed by atoms with E-state index in [1.807, 2.05) is 36.4 Å². The summed E-state index contributed by atoms with van der Waals surface area (Å²) in [4.78, 5) is 17.1. The van der Waals surface area contributed by atoms with Crippen molar-refractivity contribution in [3.05, 3.63) is 71.8 Å². The Kier molecular flexibility index (Phi) is 5.95. The van der Waals surface area contributed by atoms with E-state index in [4.69, 9.17) is 0 Å². The van der Waals surface area contributed by atoms with Crippen LogP contribution in [-0.4, -0.2) is 48.3 Å². The van der Waals surface area contributed by atoms with E-state index in [0.29, 0.717) is 6.54 Å². The van der Waals surface area contributed by atoms with E-state index in [1.165, 1.54) is 5.56 Å². The van der Waals surface area contributed by atoms with Gasteiger partial charge in [0, 0.05) is 32.7 Å². The fraction of sp³-hybridized carbons (Fsp3) is 0.333. The molecule has 0 N–H and O–H groups in total. The van der Waals surface area contributed by atoms with Crippen molar-refractivity contribution in [1.29, 1.82) is 5.26 Å². The fourth-order valence-electron chi connectivity index (χ4n) is 3.24. The third-order valence-electron chi connectivity index (χ3n) is 4.68. The Bertz CT molecular complexity index is 716. The third-order valence-corrected chi connectivity index (χ3v) is 4.68. The molecule has 0 spiro atoms. The number of hydrogen-bond donors (Lipinski definition) is 0. The topological polar surface area (TPSA) is 47.3 Å². The zero-order chi connectivity index (χ0) is 17.5. The van der Waals surface area contributed by atoms with Crippen molar-refractivity contribution < 1.29 is 4.79 Å². The van der Waals surface area contributed by atoms with Crippen LogP contribution in [-0.2, 0) is 11.3 Å². The van der Waals surface area contributed by atoms with Gasteiger partial charge in [-0.3, -0.25) is 14.6 Å². The first-order valence-electron chi connectivity index (χ1n) is 8.72. The summed E-state index contributed by atoms with van der Waals surface area (Å²) in [5.74, 6) is -0.672. The molecule has 0 bridgehead atoms. The lowest BCUT2D eigenvalue weighted by Crippen LogP contribution is -2.47. The normalized spacial score (nSPS) is 16.9. The van der Waals surface area contributed by atoms with Crippen molar-refractivity contribution in [3.63, 3.8) is 0 Å². The number of ketones is 1. The van der Waals surface area contributed by atoms with Gasteiger partial charge in [-0.05, 0) is 11.1 Å². The highest BCUT2D eigenvalue weighted by Crippen LogP contribution is 2.17. The third kappa shape index (κ3) is 4.76. The van der Waals surface area contributed by atoms with E-state index in [2.05, 4.69) is 40.1 Å². The van der Waals surface area contributed by atoms with Crippen LogP contribution in [0.5, 0.6) is 0 Å². The molecule has 1 fully saturated rings. The van der Waals surface area contributed by atoms with Gasteiger partial charge in [-0.2, -0.15) is 5.26 Å². The minimum Gasteiger partial charge on any atom is -0.297 e. The molecule has 128 valence electrons. The molecule has 1 heterocycles. The maximum atomic E-state index is 12.5. The number of piperazine rings is 1. The molecule has 1 aliphatic heterocycles. The number of carbonyl (C=O) groups excluding carboxylic acids is 1. The maximum absolute atomic E-state index is 12.5. The van der Waals surface area contributed by atoms with E-state index >= 15 is 0 Å². The van der Waals surface area contributed by atoms with E-state index in [0.717, 1.165) is 38.3 Å². The van der Waals surface area contributed by atoms with Crippen molar-refractivity contribution in [1.82, 2.24) is 9.80 Å². The van der Waals surface area contributed by atoms with Gasteiger partial charge in [-0.15, -0.1) is 0 Å². The summed E-state index contributed by atoms with van der Waals surface area (Å²) in [7, 11) is 0. The lowest BCUT2D eigenvalue weighted by molar-refractivity contribution is -0.120. The molecule has 0 amide bonds. The maximum Gasteiger partial charge on any atom is 0.168 e. The highest BCUT2D eigenvalue weighted by Gasteiger charge is 2.24. The predicted molar refractivity (Wildman–Crippen MR) is 98.0 cm³/mol. The van der Waals surface area contributed by atoms with Gasteiger partial charge in [-0.1, -0.05) is 60.7 Å². The van der Waals surface area contributed by atoms with Crippen LogP contribution in [0.25, 0.3) is 0 Å². The first-order chi connectivity index (χ1) is 12.3. The number of rotatable bonds is 6. The first kappa shape index (κ1) is 17.3. The lowest BCUT2D eigenvalue weighted by atomic mass is 9.96. The Morgan fingerprint density at radius 3 is 2.08 bits per heavy atom. The standard InChI is InChI=1S/C21H23N3O/c22-15-20(19-9-5-2-6-10-19)21(25)17-24-13-11-23(12-14-24)16-18-7-3-1-4-8-18/h1-10,20H,11-14,16-17H2/t20-/m0/s1. The molecule has 0 aliphatic carbocycles. The fourth-order valence-corrected chi connectivity index (χ4v) is 3.24. The van der Waals surface area contributed by atoms with Crippen molar-refractivity contribution in [2.75, 3.05) is 32.7 Å². The SMILES string of the molecule is N#C[C@H](C(=O)CN1CCN(Cc2ccccc2)CC1)c1ccccc1. The minimum absolute atomic E-state index is 0.00907. The average molecular weight is 333 g/mol. The molecule has 1 aliphatic rings. The van der Waals surface area contributed by atoms with Crippen LogP contribution in [0.1, 0.15) is 17.0 Å². The van der Waals surface area contributed by atoms with E-state index in [9.17, 15) is 10.1 Å². The number of nitriles is 1. The Hall–Kier alpha value is -2.48. The Morgan fingerprint density at radius 2 is 1.48 bits per heavy atom. The summed E-state index contributed by atoms with van der Waals surface area (Å²) in [6, 6.07) is 22.0. The molecular formula is C21H23N3O. The van der Waals surface area contributed by atoms with Gasteiger partial charge in [0.15, 0.2) is 5.78 Å². The molecule has 0 saturated carbocycles. The van der Waals surface area contributed by atoms with Crippen LogP contribution < -0.4 is 0 Å². The summed E-state index contributed by atoms with van der Waals surface area (Å²) in [5, 5.41) is 9.39. The van der Waals surface area contributed by atoms with Gasteiger partial charge in [0.2, 0.25) is 0 Å². The van der Waals surface area contributed by atoms with Crippen molar-refractivity contribution in [2.24, 2.45) is 0 Å². The van der Waals surface area contributed by atoms with E-state index in [-0.39, 0.29) is 5.78 Å². The molecule has 0 radical (unpaired) electrons. The zero-order valence-corrected chi connectivity index (χ0v) is 14.3. The first-order valence-corrected chi connectivity index (χ1v) is 8.72. The molecule has 4 nitrogen and oxygen atoms in total. The number of nitrogens with zero attached hydrogens (tertiary/aromatic N) is 3. The second-order valence-corrected chi connectivity index (χ2v) is 6.48. The quantitative estimate of drug-likeness (QED) is 0.815. The highest BCUT2D eigenvalue weighted by molar-refractivity contribution is 5.90. The second kappa shape index (κ2) is 8.57. The Labute approximate surface area is 149 Å². The second-order valence-electron chi connectivity index (χ2n) is 6.48. The molecule has 3 rings (SSSR count). The van der Waals surface area contributed by atoms with Crippen LogP contribution >= 0.6 is 0 Å². The smallest absolute Gasteiger partial charge is 0.168 e. The number of carbonyl (C=O) groups is 1. The number of benzene rings is 2. The largest absolute Gasteiger partial charge is 0.297 e. The summed E-state index contributed by atoms with van der Waals surface area (Å²) in [6.07, 6.45) is 0. The monoisotopic (exact) mass is 333 g/mol. The molecular weight excluding hydrogens is 310 g/mol. The van der Waals surface area contributed by atoms with Crippen LogP contribution in [0.15, 0.2) is 60.7 Å². The summed E-state index contributed by atoms with van der Waals surface area (Å²) < 4.78 is 0. The van der Waals surface area contributed by atoms with Crippen LogP contribution in [0, 0.1) is 11.3 Å². The summed E-state index contributed by atoms with van der Waals surface area (Å²) >= 11 is 0. The summed E-state index contributed by atoms with van der Waals surface area (Å²) in [5.41, 5.74) is 2.11. The molecule has 25 heavy (non-hydrogen) atoms. The van der Waals surface area contributed by atoms with Gasteiger partial charge >= 0.3 is 0 Å². The highest BCUT2D eigenvalue weighted by atomic mass is 16.1. The van der Waals surface area contributed by atoms with E-state index < -0.39 is 5.92 Å². The molecule has 0 unspecified atom stereocenters. The number of Topliss-reactive ketones (excluding diaryl/α,β-unsaturated/α-hetero) is 1. The lowest BCUT2D eigenvalue weighted by Gasteiger charge is -2.34. The summed E-state index contributed by atoms with van der Waals surface area (Å²) in [6.45, 7) is 4.94. The molecule has 4 heteroatoms. The van der Waals surface area contributed by atoms with Crippen molar-refractivity contribution >= 4 is 5.78 Å². The van der Waals surface area contributed by atoms with Gasteiger partial charge in [-0.25, -0.2) is 0 Å². The number of hydrogen-bond acceptors (Lipinski definition) is 4. The zero-order valence-electron chi connectivity index (χ0n) is 14.3. The molecule has 2 aromatic carbocycles. The van der Waals surface area contributed by atoms with Crippen molar-refractivity contribution in [3.8, 4) is 6.07 Å². The Morgan fingerprint density at radius 1 is 0.920 bits per heavy atom. The van der Waals surface area contributed by atoms with Gasteiger partial charge in [0.25, 0.3) is 0 Å². The predicted octanol–water partition coefficient (Wildman–Crippen LogP) is 2.68. The van der Waals surface area contributed by atoms with Crippen LogP contribution in [0.3, 0.4) is 0 Å². The van der Waals surface area contributed by atoms with Gasteiger partial charge in [0.1, 0.15) is 5.92 Å². The molecule has 0 aromatic heterocycles. The van der Waals surface area contributed by atoms with Gasteiger partial charge < -0.3 is 0 Å². The van der Waals surface area contributed by atoms with E-state index in [1.54, 1.807) is 0 Å². The minimum atomic E-state index is -0.663. The van der Waals surface area contributed by atoms with Crippen LogP contribution in [0.4, 0.5) is 0 Å². The average Bonchev–Trinajstić information content (AvgIpc) is 2.66. The molecule has 1 saturated heterocycles. The Balaban J connectivity index is 1.50. The molecule has 1 atom stereocenters. The van der Waals surface area contributed by atoms with Crippen molar-refractivity contribution in [2.45, 2.75) is 12.5 Å². The molecule has 2 aromatic rings. The van der Waals surface area contributed by atoms with Crippen LogP contribution in [0.2, 0.25) is 0 Å².